The van der Waals surface area contributed by atoms with Gasteiger partial charge in [-0.05, 0) is 35.6 Å². The first-order valence-electron chi connectivity index (χ1n) is 6.55. The number of rotatable bonds is 4. The minimum Gasteiger partial charge on any atom is -0.504 e. The predicted molar refractivity (Wildman–Crippen MR) is 79.1 cm³/mol. The van der Waals surface area contributed by atoms with Gasteiger partial charge >= 0.3 is 0 Å². The van der Waals surface area contributed by atoms with E-state index in [-0.39, 0.29) is 23.0 Å². The van der Waals surface area contributed by atoms with Crippen LogP contribution in [0.15, 0.2) is 29.9 Å². The van der Waals surface area contributed by atoms with Crippen molar-refractivity contribution in [3.63, 3.8) is 0 Å². The van der Waals surface area contributed by atoms with Gasteiger partial charge in [-0.15, -0.1) is 0 Å². The van der Waals surface area contributed by atoms with Crippen LogP contribution in [0.4, 0.5) is 0 Å². The van der Waals surface area contributed by atoms with Crippen LogP contribution in [0.3, 0.4) is 0 Å². The third kappa shape index (κ3) is 2.81. The minimum absolute atomic E-state index is 0.00183. The van der Waals surface area contributed by atoms with Gasteiger partial charge in [0.25, 0.3) is 0 Å². The van der Waals surface area contributed by atoms with Crippen molar-refractivity contribution >= 4 is 17.8 Å². The number of primary amides is 1. The smallest absolute Gasteiger partial charge is 0.244 e. The van der Waals surface area contributed by atoms with Crippen molar-refractivity contribution < 1.29 is 19.4 Å². The lowest BCUT2D eigenvalue weighted by molar-refractivity contribution is -0.115. The molecule has 1 atom stereocenters. The van der Waals surface area contributed by atoms with Crippen molar-refractivity contribution in [1.82, 2.24) is 0 Å². The van der Waals surface area contributed by atoms with E-state index in [0.717, 1.165) is 11.1 Å². The summed E-state index contributed by atoms with van der Waals surface area (Å²) in [7, 11) is 1.43. The van der Waals surface area contributed by atoms with Gasteiger partial charge < -0.3 is 15.6 Å². The van der Waals surface area contributed by atoms with Crippen molar-refractivity contribution in [3.8, 4) is 11.5 Å². The molecule has 0 aromatic heterocycles. The van der Waals surface area contributed by atoms with Gasteiger partial charge in [-0.2, -0.15) is 0 Å². The molecule has 0 fully saturated rings. The number of allylic oxidation sites excluding steroid dienone is 3. The zero-order chi connectivity index (χ0) is 15.6. The van der Waals surface area contributed by atoms with Crippen LogP contribution in [-0.4, -0.2) is 24.4 Å². The SMILES string of the molecule is COc1cc(C2=CC=C(C(N)=O)C(C)C2)cc(C=O)c1O. The van der Waals surface area contributed by atoms with Crippen LogP contribution in [-0.2, 0) is 4.79 Å². The molecule has 1 aromatic rings. The molecule has 1 unspecified atom stereocenters. The Labute approximate surface area is 122 Å². The van der Waals surface area contributed by atoms with Gasteiger partial charge in [0.2, 0.25) is 5.91 Å². The van der Waals surface area contributed by atoms with Crippen molar-refractivity contribution in [3.05, 3.63) is 41.0 Å². The van der Waals surface area contributed by atoms with Gasteiger partial charge in [0, 0.05) is 5.57 Å². The summed E-state index contributed by atoms with van der Waals surface area (Å²) in [6.45, 7) is 1.92. The van der Waals surface area contributed by atoms with E-state index in [9.17, 15) is 14.7 Å². The molecule has 0 heterocycles. The molecule has 21 heavy (non-hydrogen) atoms. The summed E-state index contributed by atoms with van der Waals surface area (Å²) in [5, 5.41) is 9.83. The number of aldehydes is 1. The van der Waals surface area contributed by atoms with E-state index >= 15 is 0 Å². The number of hydrogen-bond donors (Lipinski definition) is 2. The molecule has 0 saturated heterocycles. The number of phenols is 1. The number of amides is 1. The lowest BCUT2D eigenvalue weighted by atomic mass is 9.85. The van der Waals surface area contributed by atoms with E-state index in [1.165, 1.54) is 7.11 Å². The highest BCUT2D eigenvalue weighted by atomic mass is 16.5. The Morgan fingerprint density at radius 3 is 2.67 bits per heavy atom. The number of methoxy groups -OCH3 is 1. The lowest BCUT2D eigenvalue weighted by Gasteiger charge is -2.20. The first-order chi connectivity index (χ1) is 9.97. The number of ether oxygens (including phenoxy) is 1. The molecular weight excluding hydrogens is 270 g/mol. The Morgan fingerprint density at radius 2 is 2.14 bits per heavy atom. The standard InChI is InChI=1S/C16H17NO4/c1-9-5-10(3-4-13(9)16(17)20)11-6-12(8-18)15(19)14(7-11)21-2/h3-4,6-9,19H,5H2,1-2H3,(H2,17,20). The Bertz CT molecular complexity index is 658. The summed E-state index contributed by atoms with van der Waals surface area (Å²) < 4.78 is 5.08. The number of aromatic hydroxyl groups is 1. The van der Waals surface area contributed by atoms with Crippen LogP contribution in [0.2, 0.25) is 0 Å². The Hall–Kier alpha value is -2.56. The molecular formula is C16H17NO4. The second kappa shape index (κ2) is 5.83. The topological polar surface area (TPSA) is 89.6 Å². The summed E-state index contributed by atoms with van der Waals surface area (Å²) in [5.41, 5.74) is 7.80. The molecule has 5 heteroatoms. The fourth-order valence-electron chi connectivity index (χ4n) is 2.46. The average molecular weight is 287 g/mol. The highest BCUT2D eigenvalue weighted by Gasteiger charge is 2.21. The maximum Gasteiger partial charge on any atom is 0.244 e. The Morgan fingerprint density at radius 1 is 1.43 bits per heavy atom. The minimum atomic E-state index is -0.422. The third-order valence-corrected chi connectivity index (χ3v) is 3.63. The molecule has 0 spiro atoms. The third-order valence-electron chi connectivity index (χ3n) is 3.63. The first kappa shape index (κ1) is 14.8. The highest BCUT2D eigenvalue weighted by Crippen LogP contribution is 2.37. The van der Waals surface area contributed by atoms with Gasteiger partial charge in [0.1, 0.15) is 0 Å². The Balaban J connectivity index is 2.48. The summed E-state index contributed by atoms with van der Waals surface area (Å²) >= 11 is 0. The number of hydrogen-bond acceptors (Lipinski definition) is 4. The molecule has 0 radical (unpaired) electrons. The van der Waals surface area contributed by atoms with Crippen LogP contribution < -0.4 is 10.5 Å². The zero-order valence-electron chi connectivity index (χ0n) is 11.9. The molecule has 1 aromatic carbocycles. The molecule has 2 rings (SSSR count). The van der Waals surface area contributed by atoms with Gasteiger partial charge in [-0.1, -0.05) is 19.1 Å². The van der Waals surface area contributed by atoms with E-state index < -0.39 is 5.91 Å². The number of carbonyl (C=O) groups excluding carboxylic acids is 2. The van der Waals surface area contributed by atoms with E-state index in [1.54, 1.807) is 24.3 Å². The van der Waals surface area contributed by atoms with Crippen molar-refractivity contribution in [2.24, 2.45) is 11.7 Å². The fraction of sp³-hybridized carbons (Fsp3) is 0.250. The molecule has 3 N–H and O–H groups in total. The second-order valence-electron chi connectivity index (χ2n) is 5.02. The van der Waals surface area contributed by atoms with Crippen molar-refractivity contribution in [1.29, 1.82) is 0 Å². The molecule has 0 bridgehead atoms. The molecule has 1 aliphatic rings. The quantitative estimate of drug-likeness (QED) is 0.829. The Kier molecular flexibility index (Phi) is 4.12. The summed E-state index contributed by atoms with van der Waals surface area (Å²) in [6, 6.07) is 3.27. The maximum atomic E-state index is 11.3. The summed E-state index contributed by atoms with van der Waals surface area (Å²) in [5.74, 6) is -0.349. The van der Waals surface area contributed by atoms with Crippen LogP contribution >= 0.6 is 0 Å². The average Bonchev–Trinajstić information content (AvgIpc) is 2.47. The summed E-state index contributed by atoms with van der Waals surface area (Å²) in [6.07, 6.45) is 4.71. The van der Waals surface area contributed by atoms with Crippen LogP contribution in [0, 0.1) is 5.92 Å². The van der Waals surface area contributed by atoms with Crippen LogP contribution in [0.1, 0.15) is 29.3 Å². The van der Waals surface area contributed by atoms with Gasteiger partial charge in [-0.3, -0.25) is 9.59 Å². The summed E-state index contributed by atoms with van der Waals surface area (Å²) in [4.78, 5) is 22.3. The molecule has 5 nitrogen and oxygen atoms in total. The first-order valence-corrected chi connectivity index (χ1v) is 6.55. The predicted octanol–water partition coefficient (Wildman–Crippen LogP) is 2.05. The fourth-order valence-corrected chi connectivity index (χ4v) is 2.46. The lowest BCUT2D eigenvalue weighted by Crippen LogP contribution is -2.20. The van der Waals surface area contributed by atoms with E-state index in [0.29, 0.717) is 18.3 Å². The van der Waals surface area contributed by atoms with E-state index in [2.05, 4.69) is 0 Å². The van der Waals surface area contributed by atoms with E-state index in [4.69, 9.17) is 10.5 Å². The molecule has 0 saturated carbocycles. The van der Waals surface area contributed by atoms with Crippen molar-refractivity contribution in [2.45, 2.75) is 13.3 Å². The maximum absolute atomic E-state index is 11.3. The number of nitrogens with two attached hydrogens (primary N) is 1. The second-order valence-corrected chi connectivity index (χ2v) is 5.02. The molecule has 110 valence electrons. The van der Waals surface area contributed by atoms with E-state index in [1.807, 2.05) is 6.92 Å². The van der Waals surface area contributed by atoms with Gasteiger partial charge in [-0.25, -0.2) is 0 Å². The molecule has 1 amide bonds. The van der Waals surface area contributed by atoms with Crippen LogP contribution in [0.25, 0.3) is 5.57 Å². The van der Waals surface area contributed by atoms with Crippen LogP contribution in [0.5, 0.6) is 11.5 Å². The van der Waals surface area contributed by atoms with Gasteiger partial charge in [0.05, 0.1) is 12.7 Å². The number of benzene rings is 1. The zero-order valence-corrected chi connectivity index (χ0v) is 11.9. The number of carbonyl (C=O) groups is 2. The van der Waals surface area contributed by atoms with Gasteiger partial charge in [0.15, 0.2) is 17.8 Å². The molecule has 0 aliphatic heterocycles. The molecule has 1 aliphatic carbocycles. The van der Waals surface area contributed by atoms with Crippen molar-refractivity contribution in [2.75, 3.05) is 7.11 Å². The largest absolute Gasteiger partial charge is 0.504 e. The normalized spacial score (nSPS) is 17.7. The highest BCUT2D eigenvalue weighted by molar-refractivity contribution is 5.94. The number of phenolic OH excluding ortho intramolecular Hbond substituents is 1. The monoisotopic (exact) mass is 287 g/mol.